The Hall–Kier alpha value is -3.12. The Labute approximate surface area is 160 Å². The molecule has 1 heterocycles. The molecule has 0 bridgehead atoms. The van der Waals surface area contributed by atoms with Crippen LogP contribution in [0.2, 0.25) is 5.02 Å². The summed E-state index contributed by atoms with van der Waals surface area (Å²) in [6.07, 6.45) is 0. The Morgan fingerprint density at radius 2 is 1.74 bits per heavy atom. The molecule has 0 unspecified atom stereocenters. The standard InChI is InChI=1S/C20H17ClN2O4/c1-14-2-4-15(5-3-14)20(25)26-13-12-23-19(24)11-10-18(22-23)27-17-8-6-16(21)7-9-17/h2-11H,12-13H2,1H3. The van der Waals surface area contributed by atoms with Crippen molar-refractivity contribution in [2.24, 2.45) is 0 Å². The molecule has 0 spiro atoms. The monoisotopic (exact) mass is 384 g/mol. The maximum Gasteiger partial charge on any atom is 0.338 e. The van der Waals surface area contributed by atoms with Gasteiger partial charge in [-0.2, -0.15) is 0 Å². The highest BCUT2D eigenvalue weighted by molar-refractivity contribution is 6.30. The van der Waals surface area contributed by atoms with E-state index in [0.29, 0.717) is 16.3 Å². The zero-order valence-corrected chi connectivity index (χ0v) is 15.3. The second-order valence-electron chi connectivity index (χ2n) is 5.79. The number of hydrogen-bond acceptors (Lipinski definition) is 5. The lowest BCUT2D eigenvalue weighted by Gasteiger charge is -2.09. The molecular weight excluding hydrogens is 368 g/mol. The molecule has 0 saturated carbocycles. The van der Waals surface area contributed by atoms with Gasteiger partial charge in [-0.3, -0.25) is 4.79 Å². The topological polar surface area (TPSA) is 70.4 Å². The fraction of sp³-hybridized carbons (Fsp3) is 0.150. The lowest BCUT2D eigenvalue weighted by molar-refractivity contribution is 0.0485. The van der Waals surface area contributed by atoms with Crippen LogP contribution in [-0.4, -0.2) is 22.4 Å². The normalized spacial score (nSPS) is 10.4. The van der Waals surface area contributed by atoms with Crippen molar-refractivity contribution in [2.75, 3.05) is 6.61 Å². The molecule has 0 aliphatic heterocycles. The van der Waals surface area contributed by atoms with Crippen LogP contribution in [0.15, 0.2) is 65.5 Å². The van der Waals surface area contributed by atoms with Crippen molar-refractivity contribution < 1.29 is 14.3 Å². The van der Waals surface area contributed by atoms with Crippen LogP contribution in [0.1, 0.15) is 15.9 Å². The number of rotatable bonds is 6. The Morgan fingerprint density at radius 1 is 1.04 bits per heavy atom. The quantitative estimate of drug-likeness (QED) is 0.603. The molecule has 138 valence electrons. The molecule has 3 aromatic rings. The number of aryl methyl sites for hydroxylation is 1. The summed E-state index contributed by atoms with van der Waals surface area (Å²) >= 11 is 5.84. The minimum Gasteiger partial charge on any atom is -0.460 e. The molecular formula is C20H17ClN2O4. The number of benzene rings is 2. The van der Waals surface area contributed by atoms with Crippen LogP contribution >= 0.6 is 11.6 Å². The Kier molecular flexibility index (Phi) is 5.88. The minimum atomic E-state index is -0.448. The average molecular weight is 385 g/mol. The molecule has 7 heteroatoms. The van der Waals surface area contributed by atoms with Crippen molar-refractivity contribution >= 4 is 17.6 Å². The van der Waals surface area contributed by atoms with Crippen molar-refractivity contribution in [2.45, 2.75) is 13.5 Å². The molecule has 0 aliphatic carbocycles. The zero-order valence-electron chi connectivity index (χ0n) is 14.6. The van der Waals surface area contributed by atoms with Gasteiger partial charge < -0.3 is 9.47 Å². The molecule has 1 aromatic heterocycles. The highest BCUT2D eigenvalue weighted by Gasteiger charge is 2.08. The number of ether oxygens (including phenoxy) is 2. The maximum absolute atomic E-state index is 12.0. The summed E-state index contributed by atoms with van der Waals surface area (Å²) in [6, 6.07) is 16.7. The van der Waals surface area contributed by atoms with E-state index in [9.17, 15) is 9.59 Å². The fourth-order valence-electron chi connectivity index (χ4n) is 2.27. The van der Waals surface area contributed by atoms with E-state index in [1.54, 1.807) is 36.4 Å². The number of carbonyl (C=O) groups is 1. The van der Waals surface area contributed by atoms with E-state index < -0.39 is 5.97 Å². The van der Waals surface area contributed by atoms with Gasteiger partial charge >= 0.3 is 5.97 Å². The van der Waals surface area contributed by atoms with Gasteiger partial charge in [0.05, 0.1) is 12.1 Å². The van der Waals surface area contributed by atoms with E-state index in [1.165, 1.54) is 16.8 Å². The highest BCUT2D eigenvalue weighted by atomic mass is 35.5. The third-order valence-corrected chi connectivity index (χ3v) is 3.95. The molecule has 6 nitrogen and oxygen atoms in total. The summed E-state index contributed by atoms with van der Waals surface area (Å²) in [6.45, 7) is 2.07. The van der Waals surface area contributed by atoms with Crippen LogP contribution in [0.4, 0.5) is 0 Å². The number of carbonyl (C=O) groups excluding carboxylic acids is 1. The second kappa shape index (κ2) is 8.51. The van der Waals surface area contributed by atoms with Gasteiger partial charge in [-0.15, -0.1) is 5.10 Å². The van der Waals surface area contributed by atoms with Gasteiger partial charge in [-0.25, -0.2) is 9.48 Å². The predicted octanol–water partition coefficient (Wildman–Crippen LogP) is 3.85. The number of hydrogen-bond donors (Lipinski definition) is 0. The van der Waals surface area contributed by atoms with Gasteiger partial charge in [0.1, 0.15) is 12.4 Å². The Bertz CT molecular complexity index is 982. The maximum atomic E-state index is 12.0. The molecule has 3 rings (SSSR count). The zero-order chi connectivity index (χ0) is 19.2. The smallest absolute Gasteiger partial charge is 0.338 e. The number of esters is 1. The van der Waals surface area contributed by atoms with E-state index in [1.807, 2.05) is 19.1 Å². The first kappa shape index (κ1) is 18.7. The van der Waals surface area contributed by atoms with E-state index >= 15 is 0 Å². The van der Waals surface area contributed by atoms with Crippen LogP contribution in [-0.2, 0) is 11.3 Å². The van der Waals surface area contributed by atoms with E-state index in [-0.39, 0.29) is 24.6 Å². The summed E-state index contributed by atoms with van der Waals surface area (Å²) in [7, 11) is 0. The van der Waals surface area contributed by atoms with Crippen molar-refractivity contribution in [1.29, 1.82) is 0 Å². The van der Waals surface area contributed by atoms with Crippen LogP contribution in [0.5, 0.6) is 11.6 Å². The molecule has 27 heavy (non-hydrogen) atoms. The van der Waals surface area contributed by atoms with Gasteiger partial charge in [-0.1, -0.05) is 29.3 Å². The highest BCUT2D eigenvalue weighted by Crippen LogP contribution is 2.20. The van der Waals surface area contributed by atoms with Crippen LogP contribution in [0.25, 0.3) is 0 Å². The van der Waals surface area contributed by atoms with Crippen molar-refractivity contribution in [3.8, 4) is 11.6 Å². The van der Waals surface area contributed by atoms with E-state index in [4.69, 9.17) is 21.1 Å². The summed E-state index contributed by atoms with van der Waals surface area (Å²) < 4.78 is 12.0. The predicted molar refractivity (Wildman–Crippen MR) is 101 cm³/mol. The molecule has 0 aliphatic rings. The Balaban J connectivity index is 1.61. The summed E-state index contributed by atoms with van der Waals surface area (Å²) in [5.74, 6) is 0.348. The van der Waals surface area contributed by atoms with Gasteiger partial charge in [0.25, 0.3) is 5.56 Å². The van der Waals surface area contributed by atoms with Crippen LogP contribution < -0.4 is 10.3 Å². The van der Waals surface area contributed by atoms with Crippen molar-refractivity contribution in [1.82, 2.24) is 9.78 Å². The van der Waals surface area contributed by atoms with Gasteiger partial charge in [0.2, 0.25) is 5.88 Å². The molecule has 0 N–H and O–H groups in total. The molecule has 0 amide bonds. The molecule has 0 saturated heterocycles. The van der Waals surface area contributed by atoms with Gasteiger partial charge in [-0.05, 0) is 43.3 Å². The number of nitrogens with zero attached hydrogens (tertiary/aromatic N) is 2. The molecule has 0 radical (unpaired) electrons. The first-order chi connectivity index (χ1) is 13.0. The summed E-state index contributed by atoms with van der Waals surface area (Å²) in [4.78, 5) is 23.9. The van der Waals surface area contributed by atoms with E-state index in [2.05, 4.69) is 5.10 Å². The van der Waals surface area contributed by atoms with Crippen LogP contribution in [0, 0.1) is 6.92 Å². The minimum absolute atomic E-state index is 0.0179. The first-order valence-corrected chi connectivity index (χ1v) is 8.64. The number of halogens is 1. The Morgan fingerprint density at radius 3 is 2.44 bits per heavy atom. The summed E-state index contributed by atoms with van der Waals surface area (Å²) in [5.41, 5.74) is 1.20. The van der Waals surface area contributed by atoms with Gasteiger partial charge in [0.15, 0.2) is 0 Å². The van der Waals surface area contributed by atoms with Crippen molar-refractivity contribution in [3.63, 3.8) is 0 Å². The van der Waals surface area contributed by atoms with Crippen LogP contribution in [0.3, 0.4) is 0 Å². The third kappa shape index (κ3) is 5.18. The molecule has 0 fully saturated rings. The lowest BCUT2D eigenvalue weighted by atomic mass is 10.1. The SMILES string of the molecule is Cc1ccc(C(=O)OCCn2nc(Oc3ccc(Cl)cc3)ccc2=O)cc1. The summed E-state index contributed by atoms with van der Waals surface area (Å²) in [5, 5.41) is 4.72. The first-order valence-electron chi connectivity index (χ1n) is 8.27. The third-order valence-electron chi connectivity index (χ3n) is 3.70. The fourth-order valence-corrected chi connectivity index (χ4v) is 2.39. The second-order valence-corrected chi connectivity index (χ2v) is 6.23. The van der Waals surface area contributed by atoms with Crippen molar-refractivity contribution in [3.05, 3.63) is 87.2 Å². The average Bonchev–Trinajstić information content (AvgIpc) is 2.66. The lowest BCUT2D eigenvalue weighted by Crippen LogP contribution is -2.25. The number of aromatic nitrogens is 2. The molecule has 2 aromatic carbocycles. The van der Waals surface area contributed by atoms with Gasteiger partial charge in [0, 0.05) is 17.2 Å². The molecule has 0 atom stereocenters. The van der Waals surface area contributed by atoms with E-state index in [0.717, 1.165) is 5.56 Å². The largest absolute Gasteiger partial charge is 0.460 e.